The monoisotopic (exact) mass is 304 g/mol. The second kappa shape index (κ2) is 5.53. The van der Waals surface area contributed by atoms with Gasteiger partial charge < -0.3 is 14.6 Å². The molecule has 118 valence electrons. The summed E-state index contributed by atoms with van der Waals surface area (Å²) in [6, 6.07) is -0.210. The average molecular weight is 304 g/mol. The summed E-state index contributed by atoms with van der Waals surface area (Å²) in [7, 11) is 0. The van der Waals surface area contributed by atoms with Crippen molar-refractivity contribution >= 4 is 5.91 Å². The van der Waals surface area contributed by atoms with Crippen LogP contribution in [0.25, 0.3) is 0 Å². The third kappa shape index (κ3) is 2.50. The lowest BCUT2D eigenvalue weighted by molar-refractivity contribution is -0.149. The highest BCUT2D eigenvalue weighted by atomic mass is 16.5. The standard InChI is InChI=1S/C14H20N6O2/c1-10-6-16-12(18-10)11-7-22-5-4-19(11)13(21)14(2,3)20-9-15-8-17-20/h6,8-9,11H,4-5,7H2,1-3H3,(H,16,18)/t11-/m1/s1. The van der Waals surface area contributed by atoms with Crippen LogP contribution in [0.3, 0.4) is 0 Å². The van der Waals surface area contributed by atoms with Crippen LogP contribution in [0.5, 0.6) is 0 Å². The van der Waals surface area contributed by atoms with Crippen LogP contribution in [0, 0.1) is 6.92 Å². The number of nitrogens with one attached hydrogen (secondary N) is 1. The minimum absolute atomic E-state index is 0.0275. The Morgan fingerprint density at radius 3 is 2.95 bits per heavy atom. The van der Waals surface area contributed by atoms with E-state index in [1.807, 2.05) is 25.7 Å². The summed E-state index contributed by atoms with van der Waals surface area (Å²) in [6.45, 7) is 7.10. The lowest BCUT2D eigenvalue weighted by Crippen LogP contribution is -2.52. The summed E-state index contributed by atoms with van der Waals surface area (Å²) in [5, 5.41) is 4.11. The van der Waals surface area contributed by atoms with Gasteiger partial charge in [0.15, 0.2) is 0 Å². The summed E-state index contributed by atoms with van der Waals surface area (Å²) >= 11 is 0. The first-order valence-corrected chi connectivity index (χ1v) is 7.25. The second-order valence-corrected chi connectivity index (χ2v) is 5.94. The maximum absolute atomic E-state index is 13.0. The predicted octanol–water partition coefficient (Wildman–Crippen LogP) is 0.645. The third-order valence-electron chi connectivity index (χ3n) is 3.94. The van der Waals surface area contributed by atoms with Gasteiger partial charge in [-0.1, -0.05) is 0 Å². The van der Waals surface area contributed by atoms with E-state index in [2.05, 4.69) is 20.1 Å². The van der Waals surface area contributed by atoms with E-state index < -0.39 is 5.54 Å². The Labute approximate surface area is 128 Å². The van der Waals surface area contributed by atoms with E-state index in [1.165, 1.54) is 6.33 Å². The molecule has 3 rings (SSSR count). The molecule has 8 heteroatoms. The number of hydrogen-bond donors (Lipinski definition) is 1. The number of hydrogen-bond acceptors (Lipinski definition) is 5. The van der Waals surface area contributed by atoms with Gasteiger partial charge in [-0.05, 0) is 20.8 Å². The highest BCUT2D eigenvalue weighted by Crippen LogP contribution is 2.27. The maximum atomic E-state index is 13.0. The molecule has 0 saturated carbocycles. The van der Waals surface area contributed by atoms with Gasteiger partial charge in [0, 0.05) is 18.4 Å². The minimum atomic E-state index is -0.812. The molecule has 0 unspecified atom stereocenters. The third-order valence-corrected chi connectivity index (χ3v) is 3.94. The summed E-state index contributed by atoms with van der Waals surface area (Å²) in [6.07, 6.45) is 4.75. The van der Waals surface area contributed by atoms with Gasteiger partial charge in [-0.15, -0.1) is 0 Å². The van der Waals surface area contributed by atoms with E-state index in [9.17, 15) is 4.79 Å². The number of aromatic amines is 1. The summed E-state index contributed by atoms with van der Waals surface area (Å²) in [5.74, 6) is 0.722. The molecule has 3 heterocycles. The van der Waals surface area contributed by atoms with Gasteiger partial charge in [-0.2, -0.15) is 5.10 Å². The van der Waals surface area contributed by atoms with Crippen molar-refractivity contribution in [3.63, 3.8) is 0 Å². The number of imidazole rings is 1. The predicted molar refractivity (Wildman–Crippen MR) is 77.9 cm³/mol. The fraction of sp³-hybridized carbons (Fsp3) is 0.571. The quantitative estimate of drug-likeness (QED) is 0.899. The van der Waals surface area contributed by atoms with Crippen molar-refractivity contribution in [2.24, 2.45) is 0 Å². The molecule has 1 saturated heterocycles. The number of nitrogens with zero attached hydrogens (tertiary/aromatic N) is 5. The van der Waals surface area contributed by atoms with Crippen molar-refractivity contribution in [2.45, 2.75) is 32.4 Å². The molecule has 0 aliphatic carbocycles. The molecular formula is C14H20N6O2. The van der Waals surface area contributed by atoms with Crippen LogP contribution in [-0.4, -0.2) is 55.3 Å². The van der Waals surface area contributed by atoms with E-state index in [0.717, 1.165) is 11.5 Å². The summed E-state index contributed by atoms with van der Waals surface area (Å²) in [5.41, 5.74) is 0.150. The van der Waals surface area contributed by atoms with Crippen LogP contribution in [0.1, 0.15) is 31.4 Å². The molecule has 0 radical (unpaired) electrons. The number of aryl methyl sites for hydroxylation is 1. The fourth-order valence-corrected chi connectivity index (χ4v) is 2.62. The molecule has 2 aromatic rings. The van der Waals surface area contributed by atoms with Crippen molar-refractivity contribution in [3.8, 4) is 0 Å². The SMILES string of the molecule is Cc1cnc([C@H]2COCCN2C(=O)C(C)(C)n2cncn2)[nH]1. The number of carbonyl (C=O) groups excluding carboxylic acids is 1. The maximum Gasteiger partial charge on any atom is 0.250 e. The van der Waals surface area contributed by atoms with E-state index in [-0.39, 0.29) is 11.9 Å². The Hall–Kier alpha value is -2.22. The Morgan fingerprint density at radius 1 is 1.50 bits per heavy atom. The zero-order valence-corrected chi connectivity index (χ0v) is 13.0. The fourth-order valence-electron chi connectivity index (χ4n) is 2.62. The van der Waals surface area contributed by atoms with Gasteiger partial charge >= 0.3 is 0 Å². The molecule has 0 spiro atoms. The topological polar surface area (TPSA) is 88.9 Å². The highest BCUT2D eigenvalue weighted by Gasteiger charge is 2.40. The van der Waals surface area contributed by atoms with Crippen LogP contribution < -0.4 is 0 Å². The minimum Gasteiger partial charge on any atom is -0.377 e. The number of rotatable bonds is 3. The van der Waals surface area contributed by atoms with E-state index >= 15 is 0 Å². The molecule has 1 N–H and O–H groups in total. The summed E-state index contributed by atoms with van der Waals surface area (Å²) < 4.78 is 7.12. The van der Waals surface area contributed by atoms with Crippen LogP contribution in [0.4, 0.5) is 0 Å². The summed E-state index contributed by atoms with van der Waals surface area (Å²) in [4.78, 5) is 26.3. The smallest absolute Gasteiger partial charge is 0.250 e. The molecule has 1 aliphatic rings. The van der Waals surface area contributed by atoms with Crippen LogP contribution in [-0.2, 0) is 15.1 Å². The Bertz CT molecular complexity index is 648. The van der Waals surface area contributed by atoms with E-state index in [4.69, 9.17) is 4.74 Å². The van der Waals surface area contributed by atoms with E-state index in [1.54, 1.807) is 17.2 Å². The zero-order chi connectivity index (χ0) is 15.7. The van der Waals surface area contributed by atoms with Crippen LogP contribution in [0.15, 0.2) is 18.9 Å². The number of carbonyl (C=O) groups is 1. The Balaban J connectivity index is 1.89. The van der Waals surface area contributed by atoms with Gasteiger partial charge in [-0.25, -0.2) is 14.6 Å². The highest BCUT2D eigenvalue weighted by molar-refractivity contribution is 5.84. The number of morpholine rings is 1. The van der Waals surface area contributed by atoms with Gasteiger partial charge in [0.25, 0.3) is 5.91 Å². The van der Waals surface area contributed by atoms with Crippen molar-refractivity contribution in [3.05, 3.63) is 30.4 Å². The Kier molecular flexibility index (Phi) is 3.69. The molecule has 22 heavy (non-hydrogen) atoms. The lowest BCUT2D eigenvalue weighted by atomic mass is 10.0. The van der Waals surface area contributed by atoms with Gasteiger partial charge in [-0.3, -0.25) is 4.79 Å². The van der Waals surface area contributed by atoms with Crippen molar-refractivity contribution in [2.75, 3.05) is 19.8 Å². The average Bonchev–Trinajstić information content (AvgIpc) is 3.18. The second-order valence-electron chi connectivity index (χ2n) is 5.94. The number of amides is 1. The lowest BCUT2D eigenvalue weighted by Gasteiger charge is -2.39. The van der Waals surface area contributed by atoms with Crippen LogP contribution in [0.2, 0.25) is 0 Å². The van der Waals surface area contributed by atoms with Crippen molar-refractivity contribution in [1.29, 1.82) is 0 Å². The van der Waals surface area contributed by atoms with Crippen LogP contribution >= 0.6 is 0 Å². The first-order valence-electron chi connectivity index (χ1n) is 7.25. The molecular weight excluding hydrogens is 284 g/mol. The zero-order valence-electron chi connectivity index (χ0n) is 13.0. The number of H-pyrrole nitrogens is 1. The number of ether oxygens (including phenoxy) is 1. The molecule has 8 nitrogen and oxygen atoms in total. The molecule has 1 atom stereocenters. The molecule has 1 fully saturated rings. The van der Waals surface area contributed by atoms with E-state index in [0.29, 0.717) is 19.8 Å². The molecule has 2 aromatic heterocycles. The molecule has 1 aliphatic heterocycles. The first-order chi connectivity index (χ1) is 10.5. The largest absolute Gasteiger partial charge is 0.377 e. The van der Waals surface area contributed by atoms with Gasteiger partial charge in [0.2, 0.25) is 0 Å². The van der Waals surface area contributed by atoms with Gasteiger partial charge in [0.05, 0.1) is 13.2 Å². The first kappa shape index (κ1) is 14.7. The molecule has 1 amide bonds. The molecule has 0 aromatic carbocycles. The normalized spacial score (nSPS) is 19.4. The number of aromatic nitrogens is 5. The Morgan fingerprint density at radius 2 is 2.32 bits per heavy atom. The molecule has 0 bridgehead atoms. The van der Waals surface area contributed by atoms with Crippen molar-refractivity contribution < 1.29 is 9.53 Å². The van der Waals surface area contributed by atoms with Gasteiger partial charge in [0.1, 0.15) is 30.1 Å². The van der Waals surface area contributed by atoms with Crippen molar-refractivity contribution in [1.82, 2.24) is 29.6 Å².